The highest BCUT2D eigenvalue weighted by molar-refractivity contribution is 5.79. The fraction of sp³-hybridized carbons (Fsp3) is 0.364. The maximum atomic E-state index is 12.8. The van der Waals surface area contributed by atoms with Gasteiger partial charge in [-0.05, 0) is 30.2 Å². The van der Waals surface area contributed by atoms with Crippen LogP contribution in [0.1, 0.15) is 30.5 Å². The van der Waals surface area contributed by atoms with E-state index in [0.29, 0.717) is 13.1 Å². The first-order chi connectivity index (χ1) is 13.0. The van der Waals surface area contributed by atoms with Gasteiger partial charge in [-0.3, -0.25) is 9.59 Å². The van der Waals surface area contributed by atoms with E-state index in [1.165, 1.54) is 18.2 Å². The second-order valence-electron chi connectivity index (χ2n) is 7.07. The maximum Gasteiger partial charge on any atom is 0.225 e. The Morgan fingerprint density at radius 1 is 1.00 bits per heavy atom. The third-order valence-electron chi connectivity index (χ3n) is 4.96. The molecule has 1 heterocycles. The SMILES string of the molecule is CC(=O)N[C@H](CC(=O)N1CCN(c2cccc(C)c2)CC1)c1ccccc1. The Balaban J connectivity index is 1.60. The normalized spacial score (nSPS) is 15.3. The van der Waals surface area contributed by atoms with E-state index in [0.717, 1.165) is 18.7 Å². The quantitative estimate of drug-likeness (QED) is 0.886. The molecule has 0 unspecified atom stereocenters. The minimum absolute atomic E-state index is 0.0847. The van der Waals surface area contributed by atoms with Crippen LogP contribution in [0, 0.1) is 6.92 Å². The Morgan fingerprint density at radius 3 is 2.33 bits per heavy atom. The number of anilines is 1. The minimum atomic E-state index is -0.286. The number of hydrogen-bond donors (Lipinski definition) is 1. The first kappa shape index (κ1) is 19.0. The van der Waals surface area contributed by atoms with Gasteiger partial charge in [0.05, 0.1) is 12.5 Å². The number of hydrogen-bond acceptors (Lipinski definition) is 3. The van der Waals surface area contributed by atoms with Crippen LogP contribution in [0.25, 0.3) is 0 Å². The Morgan fingerprint density at radius 2 is 1.70 bits per heavy atom. The molecule has 1 saturated heterocycles. The van der Waals surface area contributed by atoms with Crippen molar-refractivity contribution in [1.29, 1.82) is 0 Å². The number of piperazine rings is 1. The molecule has 1 N–H and O–H groups in total. The molecule has 1 aliphatic heterocycles. The third-order valence-corrected chi connectivity index (χ3v) is 4.96. The lowest BCUT2D eigenvalue weighted by Crippen LogP contribution is -2.49. The average Bonchev–Trinajstić information content (AvgIpc) is 2.68. The molecule has 0 saturated carbocycles. The van der Waals surface area contributed by atoms with Crippen LogP contribution in [-0.2, 0) is 9.59 Å². The summed E-state index contributed by atoms with van der Waals surface area (Å²) in [7, 11) is 0. The molecule has 0 bridgehead atoms. The first-order valence-electron chi connectivity index (χ1n) is 9.44. The number of carbonyl (C=O) groups is 2. The summed E-state index contributed by atoms with van der Waals surface area (Å²) in [5.74, 6) is -0.0394. The van der Waals surface area contributed by atoms with Crippen LogP contribution in [0.15, 0.2) is 54.6 Å². The molecule has 0 spiro atoms. The molecule has 0 aromatic heterocycles. The van der Waals surface area contributed by atoms with Crippen molar-refractivity contribution in [1.82, 2.24) is 10.2 Å². The lowest BCUT2D eigenvalue weighted by molar-refractivity contribution is -0.132. The molecule has 142 valence electrons. The molecule has 2 aromatic rings. The number of amides is 2. The molecule has 3 rings (SSSR count). The van der Waals surface area contributed by atoms with Gasteiger partial charge in [-0.1, -0.05) is 42.5 Å². The predicted molar refractivity (Wildman–Crippen MR) is 108 cm³/mol. The summed E-state index contributed by atoms with van der Waals surface area (Å²) < 4.78 is 0. The Hall–Kier alpha value is -2.82. The molecule has 27 heavy (non-hydrogen) atoms. The van der Waals surface area contributed by atoms with E-state index in [9.17, 15) is 9.59 Å². The largest absolute Gasteiger partial charge is 0.368 e. The molecular weight excluding hydrogens is 338 g/mol. The highest BCUT2D eigenvalue weighted by Gasteiger charge is 2.25. The van der Waals surface area contributed by atoms with Crippen molar-refractivity contribution >= 4 is 17.5 Å². The molecule has 5 heteroatoms. The van der Waals surface area contributed by atoms with E-state index in [4.69, 9.17) is 0 Å². The smallest absolute Gasteiger partial charge is 0.225 e. The van der Waals surface area contributed by atoms with Crippen molar-refractivity contribution in [3.63, 3.8) is 0 Å². The molecule has 0 radical (unpaired) electrons. The Labute approximate surface area is 161 Å². The van der Waals surface area contributed by atoms with Crippen LogP contribution in [0.5, 0.6) is 0 Å². The van der Waals surface area contributed by atoms with Crippen LogP contribution >= 0.6 is 0 Å². The third kappa shape index (κ3) is 5.09. The van der Waals surface area contributed by atoms with Crippen molar-refractivity contribution in [2.24, 2.45) is 0 Å². The summed E-state index contributed by atoms with van der Waals surface area (Å²) >= 11 is 0. The molecule has 1 atom stereocenters. The molecule has 5 nitrogen and oxygen atoms in total. The lowest BCUT2D eigenvalue weighted by Gasteiger charge is -2.37. The second-order valence-corrected chi connectivity index (χ2v) is 7.07. The number of benzene rings is 2. The fourth-order valence-corrected chi connectivity index (χ4v) is 3.53. The molecular formula is C22H27N3O2. The van der Waals surface area contributed by atoms with Gasteiger partial charge in [0, 0.05) is 38.8 Å². The molecule has 1 fully saturated rings. The van der Waals surface area contributed by atoms with Gasteiger partial charge in [-0.15, -0.1) is 0 Å². The van der Waals surface area contributed by atoms with E-state index >= 15 is 0 Å². The van der Waals surface area contributed by atoms with Crippen molar-refractivity contribution < 1.29 is 9.59 Å². The van der Waals surface area contributed by atoms with Crippen molar-refractivity contribution in [3.8, 4) is 0 Å². The Kier molecular flexibility index (Phi) is 6.12. The van der Waals surface area contributed by atoms with Crippen molar-refractivity contribution in [3.05, 3.63) is 65.7 Å². The van der Waals surface area contributed by atoms with Gasteiger partial charge in [-0.2, -0.15) is 0 Å². The van der Waals surface area contributed by atoms with E-state index < -0.39 is 0 Å². The number of carbonyl (C=O) groups excluding carboxylic acids is 2. The number of aryl methyl sites for hydroxylation is 1. The highest BCUT2D eigenvalue weighted by Crippen LogP contribution is 2.21. The summed E-state index contributed by atoms with van der Waals surface area (Å²) in [4.78, 5) is 28.6. The van der Waals surface area contributed by atoms with Crippen LogP contribution in [0.3, 0.4) is 0 Å². The topological polar surface area (TPSA) is 52.7 Å². The highest BCUT2D eigenvalue weighted by atomic mass is 16.2. The van der Waals surface area contributed by atoms with Crippen molar-refractivity contribution in [2.45, 2.75) is 26.3 Å². The average molecular weight is 365 g/mol. The minimum Gasteiger partial charge on any atom is -0.368 e. The summed E-state index contributed by atoms with van der Waals surface area (Å²) in [6, 6.07) is 17.9. The van der Waals surface area contributed by atoms with Gasteiger partial charge < -0.3 is 15.1 Å². The van der Waals surface area contributed by atoms with Crippen LogP contribution in [0.2, 0.25) is 0 Å². The fourth-order valence-electron chi connectivity index (χ4n) is 3.53. The van der Waals surface area contributed by atoms with Gasteiger partial charge in [0.2, 0.25) is 11.8 Å². The number of nitrogens with one attached hydrogen (secondary N) is 1. The molecule has 2 amide bonds. The zero-order valence-electron chi connectivity index (χ0n) is 16.0. The molecule has 0 aliphatic carbocycles. The summed E-state index contributed by atoms with van der Waals surface area (Å²) in [5.41, 5.74) is 3.41. The monoisotopic (exact) mass is 365 g/mol. The second kappa shape index (κ2) is 8.71. The molecule has 1 aliphatic rings. The first-order valence-corrected chi connectivity index (χ1v) is 9.44. The maximum absolute atomic E-state index is 12.8. The van der Waals surface area contributed by atoms with Crippen LogP contribution in [0.4, 0.5) is 5.69 Å². The zero-order chi connectivity index (χ0) is 19.2. The van der Waals surface area contributed by atoms with E-state index in [2.05, 4.69) is 41.4 Å². The molecule has 2 aromatic carbocycles. The van der Waals surface area contributed by atoms with Gasteiger partial charge in [0.1, 0.15) is 0 Å². The standard InChI is InChI=1S/C22H27N3O2/c1-17-7-6-10-20(15-17)24-11-13-25(14-12-24)22(27)16-21(23-18(2)26)19-8-4-3-5-9-19/h3-10,15,21H,11-14,16H2,1-2H3,(H,23,26)/t21-/m1/s1. The van der Waals surface area contributed by atoms with Gasteiger partial charge >= 0.3 is 0 Å². The van der Waals surface area contributed by atoms with E-state index in [1.54, 1.807) is 0 Å². The summed E-state index contributed by atoms with van der Waals surface area (Å²) in [6.45, 7) is 6.63. The number of rotatable bonds is 5. The summed E-state index contributed by atoms with van der Waals surface area (Å²) in [5, 5.41) is 2.91. The van der Waals surface area contributed by atoms with Crippen molar-refractivity contribution in [2.75, 3.05) is 31.1 Å². The van der Waals surface area contributed by atoms with E-state index in [-0.39, 0.29) is 24.3 Å². The van der Waals surface area contributed by atoms with Crippen LogP contribution < -0.4 is 10.2 Å². The Bertz CT molecular complexity index is 783. The predicted octanol–water partition coefficient (Wildman–Crippen LogP) is 2.91. The number of nitrogens with zero attached hydrogens (tertiary/aromatic N) is 2. The lowest BCUT2D eigenvalue weighted by atomic mass is 10.0. The van der Waals surface area contributed by atoms with Gasteiger partial charge in [0.25, 0.3) is 0 Å². The zero-order valence-corrected chi connectivity index (χ0v) is 16.0. The van der Waals surface area contributed by atoms with Gasteiger partial charge in [0.15, 0.2) is 0 Å². The van der Waals surface area contributed by atoms with E-state index in [1.807, 2.05) is 35.2 Å². The van der Waals surface area contributed by atoms with Gasteiger partial charge in [-0.25, -0.2) is 0 Å². The summed E-state index contributed by atoms with van der Waals surface area (Å²) in [6.07, 6.45) is 0.286. The van der Waals surface area contributed by atoms with Crippen LogP contribution in [-0.4, -0.2) is 42.9 Å².